The number of rotatable bonds is 16. The molecule has 13 nitrogen and oxygen atoms in total. The maximum Gasteiger partial charge on any atom is 0.308 e. The van der Waals surface area contributed by atoms with Crippen molar-refractivity contribution in [2.24, 2.45) is 47.3 Å². The molecule has 0 amide bonds. The standard InChI is InChI=1S/C23H36O7.C23H34O6/c1-4-13(2)23(29)30-20-11-17(25)9-15-6-5-14(3)19(22(15)20)8-7-16(24)10-18(26)12-21(27)28;1-4-13(2)23(27)29-20-11-16(24)9-15-6-5-14(3)19(22(15)20)8-7-18-10-17(25)12-21(26)28-18/h5-6,9,13-14,16-20,22,24-26H,4,7-8,10-12H2,1-3H3,(H,27,28);5-6,9,13-14,16-20,22,24-25H,4,7-8,10-12H2,1-3H3/t2*13-,14-,16+,17+,18+,19-,20-,22-/m00/s1. The van der Waals surface area contributed by atoms with Gasteiger partial charge in [0.25, 0.3) is 0 Å². The van der Waals surface area contributed by atoms with E-state index >= 15 is 0 Å². The summed E-state index contributed by atoms with van der Waals surface area (Å²) in [5.41, 5.74) is 1.98. The largest absolute Gasteiger partial charge is 0.481 e. The second kappa shape index (κ2) is 22.5. The molecule has 0 spiro atoms. The zero-order chi connectivity index (χ0) is 43.6. The van der Waals surface area contributed by atoms with Crippen LogP contribution < -0.4 is 0 Å². The molecule has 0 aromatic carbocycles. The Bertz CT molecular complexity index is 1550. The first-order chi connectivity index (χ1) is 27.9. The molecule has 5 rings (SSSR count). The summed E-state index contributed by atoms with van der Waals surface area (Å²) >= 11 is 0. The maximum atomic E-state index is 12.5. The Hall–Kier alpha value is -3.36. The van der Waals surface area contributed by atoms with E-state index in [0.29, 0.717) is 44.9 Å². The summed E-state index contributed by atoms with van der Waals surface area (Å²) < 4.78 is 17.1. The molecule has 1 fully saturated rings. The van der Waals surface area contributed by atoms with Gasteiger partial charge >= 0.3 is 23.9 Å². The first-order valence-electron chi connectivity index (χ1n) is 21.9. The van der Waals surface area contributed by atoms with Crippen LogP contribution in [0, 0.1) is 47.3 Å². The SMILES string of the molecule is CC[C@H](C)C(=O)O[C@H]1C[C@H](O)C=C2C=C[C@H](C)[C@H](CC[C@@H](O)C[C@@H](O)CC(=O)O)[C@H]21.CC[C@H](C)C(=O)O[C@H]1C[C@H](O)C=C2C=C[C@H](C)[C@H](CC[C@@H]3C[C@@H](O)CC(=O)O3)[C@H]21. The predicted octanol–water partition coefficient (Wildman–Crippen LogP) is 5.36. The quantitative estimate of drug-likeness (QED) is 0.0854. The Morgan fingerprint density at radius 1 is 0.763 bits per heavy atom. The highest BCUT2D eigenvalue weighted by molar-refractivity contribution is 5.73. The molecule has 0 radical (unpaired) electrons. The fourth-order valence-corrected chi connectivity index (χ4v) is 9.36. The molecule has 13 heteroatoms. The van der Waals surface area contributed by atoms with Gasteiger partial charge in [0.15, 0.2) is 0 Å². The van der Waals surface area contributed by atoms with Crippen LogP contribution in [0.1, 0.15) is 119 Å². The molecule has 59 heavy (non-hydrogen) atoms. The number of fused-ring (bicyclic) bond motifs is 2. The summed E-state index contributed by atoms with van der Waals surface area (Å²) in [7, 11) is 0. The highest BCUT2D eigenvalue weighted by Gasteiger charge is 2.44. The number of carbonyl (C=O) groups excluding carboxylic acids is 3. The van der Waals surface area contributed by atoms with Gasteiger partial charge in [0.05, 0.1) is 55.2 Å². The summed E-state index contributed by atoms with van der Waals surface area (Å²) in [6, 6.07) is 0. The summed E-state index contributed by atoms with van der Waals surface area (Å²) in [5.74, 6) is -1.51. The fourth-order valence-electron chi connectivity index (χ4n) is 9.36. The highest BCUT2D eigenvalue weighted by atomic mass is 16.6. The van der Waals surface area contributed by atoms with Gasteiger partial charge in [-0.05, 0) is 79.8 Å². The lowest BCUT2D eigenvalue weighted by atomic mass is 9.66. The van der Waals surface area contributed by atoms with E-state index in [1.165, 1.54) is 0 Å². The topological polar surface area (TPSA) is 217 Å². The number of ether oxygens (including phenoxy) is 3. The van der Waals surface area contributed by atoms with Gasteiger partial charge in [-0.2, -0.15) is 0 Å². The minimum absolute atomic E-state index is 0.0156. The zero-order valence-electron chi connectivity index (χ0n) is 35.7. The molecule has 6 N–H and O–H groups in total. The zero-order valence-corrected chi connectivity index (χ0v) is 35.7. The van der Waals surface area contributed by atoms with E-state index in [4.69, 9.17) is 19.3 Å². The van der Waals surface area contributed by atoms with E-state index in [0.717, 1.165) is 24.0 Å². The van der Waals surface area contributed by atoms with Gasteiger partial charge in [0.1, 0.15) is 18.3 Å². The van der Waals surface area contributed by atoms with Crippen molar-refractivity contribution in [3.05, 3.63) is 47.6 Å². The molecule has 0 aromatic rings. The lowest BCUT2D eigenvalue weighted by Crippen LogP contribution is -2.43. The fraction of sp³-hybridized carbons (Fsp3) is 0.739. The number of carbonyl (C=O) groups is 4. The summed E-state index contributed by atoms with van der Waals surface area (Å²) in [6.07, 6.45) is 12.0. The van der Waals surface area contributed by atoms with Crippen molar-refractivity contribution in [3.63, 3.8) is 0 Å². The third-order valence-electron chi connectivity index (χ3n) is 13.2. The maximum absolute atomic E-state index is 12.5. The molecule has 16 atom stereocenters. The van der Waals surface area contributed by atoms with Gasteiger partial charge in [0.2, 0.25) is 0 Å². The lowest BCUT2D eigenvalue weighted by molar-refractivity contribution is -0.162. The molecule has 1 saturated heterocycles. The number of hydrogen-bond acceptors (Lipinski definition) is 12. The van der Waals surface area contributed by atoms with Crippen LogP contribution in [-0.4, -0.2) is 103 Å². The van der Waals surface area contributed by atoms with Crippen molar-refractivity contribution in [3.8, 4) is 0 Å². The van der Waals surface area contributed by atoms with Crippen LogP contribution in [0.4, 0.5) is 0 Å². The van der Waals surface area contributed by atoms with Gasteiger partial charge in [-0.1, -0.05) is 78.0 Å². The number of allylic oxidation sites excluding steroid dienone is 4. The number of hydrogen-bond donors (Lipinski definition) is 6. The Morgan fingerprint density at radius 2 is 1.25 bits per heavy atom. The van der Waals surface area contributed by atoms with Gasteiger partial charge in [-0.3, -0.25) is 19.2 Å². The highest BCUT2D eigenvalue weighted by Crippen LogP contribution is 2.46. The number of cyclic esters (lactones) is 1. The van der Waals surface area contributed by atoms with Crippen LogP contribution in [0.25, 0.3) is 0 Å². The van der Waals surface area contributed by atoms with Crippen molar-refractivity contribution >= 4 is 23.9 Å². The van der Waals surface area contributed by atoms with Crippen LogP contribution in [0.2, 0.25) is 0 Å². The number of carboxylic acids is 1. The first kappa shape index (κ1) is 48.3. The Labute approximate surface area is 349 Å². The minimum atomic E-state index is -1.10. The van der Waals surface area contributed by atoms with Gasteiger partial charge in [-0.15, -0.1) is 0 Å². The lowest BCUT2D eigenvalue weighted by Gasteiger charge is -2.43. The molecule has 0 bridgehead atoms. The van der Waals surface area contributed by atoms with Gasteiger partial charge < -0.3 is 44.8 Å². The summed E-state index contributed by atoms with van der Waals surface area (Å²) in [4.78, 5) is 47.2. The molecule has 0 aromatic heterocycles. The van der Waals surface area contributed by atoms with Crippen LogP contribution in [0.5, 0.6) is 0 Å². The van der Waals surface area contributed by atoms with Crippen molar-refractivity contribution in [2.75, 3.05) is 0 Å². The monoisotopic (exact) mass is 830 g/mol. The summed E-state index contributed by atoms with van der Waals surface area (Å²) in [6.45, 7) is 11.8. The molecule has 0 saturated carbocycles. The van der Waals surface area contributed by atoms with Crippen molar-refractivity contribution in [1.82, 2.24) is 0 Å². The summed E-state index contributed by atoms with van der Waals surface area (Å²) in [5, 5.41) is 59.2. The average molecular weight is 831 g/mol. The number of aliphatic hydroxyl groups is 5. The second-order valence-electron chi connectivity index (χ2n) is 17.8. The Balaban J connectivity index is 0.000000261. The molecule has 4 aliphatic carbocycles. The van der Waals surface area contributed by atoms with E-state index in [-0.39, 0.29) is 96.7 Å². The second-order valence-corrected chi connectivity index (χ2v) is 17.8. The van der Waals surface area contributed by atoms with E-state index in [9.17, 15) is 44.7 Å². The van der Waals surface area contributed by atoms with Crippen LogP contribution in [0.3, 0.4) is 0 Å². The number of carboxylic acid groups (broad SMARTS) is 1. The van der Waals surface area contributed by atoms with E-state index in [2.05, 4.69) is 26.0 Å². The first-order valence-corrected chi connectivity index (χ1v) is 21.9. The molecule has 332 valence electrons. The molecule has 1 aliphatic heterocycles. The predicted molar refractivity (Wildman–Crippen MR) is 219 cm³/mol. The van der Waals surface area contributed by atoms with Crippen molar-refractivity contribution in [2.45, 2.75) is 167 Å². The normalized spacial score (nSPS) is 34.5. The van der Waals surface area contributed by atoms with Crippen molar-refractivity contribution < 1.29 is 64.0 Å². The average Bonchev–Trinajstić information content (AvgIpc) is 3.16. The molecule has 5 aliphatic rings. The number of aliphatic hydroxyl groups excluding tert-OH is 5. The van der Waals surface area contributed by atoms with Gasteiger partial charge in [0, 0.05) is 31.1 Å². The third kappa shape index (κ3) is 13.8. The Kier molecular flexibility index (Phi) is 18.4. The van der Waals surface area contributed by atoms with Crippen molar-refractivity contribution in [1.29, 1.82) is 0 Å². The van der Waals surface area contributed by atoms with Crippen LogP contribution in [-0.2, 0) is 33.4 Å². The number of aliphatic carboxylic acids is 1. The molecule has 0 unspecified atom stereocenters. The molecular formula is C46H70O13. The van der Waals surface area contributed by atoms with E-state index in [1.54, 1.807) is 0 Å². The van der Waals surface area contributed by atoms with Crippen LogP contribution >= 0.6 is 0 Å². The van der Waals surface area contributed by atoms with E-state index in [1.807, 2.05) is 52.0 Å². The Morgan fingerprint density at radius 3 is 1.71 bits per heavy atom. The molecular weight excluding hydrogens is 760 g/mol. The van der Waals surface area contributed by atoms with Gasteiger partial charge in [-0.25, -0.2) is 0 Å². The van der Waals surface area contributed by atoms with E-state index < -0.39 is 42.6 Å². The molecule has 1 heterocycles. The smallest absolute Gasteiger partial charge is 0.308 e. The van der Waals surface area contributed by atoms with Crippen LogP contribution in [0.15, 0.2) is 47.6 Å². The number of esters is 3. The third-order valence-corrected chi connectivity index (χ3v) is 13.2. The minimum Gasteiger partial charge on any atom is -0.481 e.